The van der Waals surface area contributed by atoms with Gasteiger partial charge in [0.2, 0.25) is 0 Å². The molecule has 3 nitrogen and oxygen atoms in total. The summed E-state index contributed by atoms with van der Waals surface area (Å²) in [4.78, 5) is 0.0486. The first-order chi connectivity index (χ1) is 6.91. The maximum Gasteiger partial charge on any atom is 0.294 e. The van der Waals surface area contributed by atoms with Gasteiger partial charge in [0.05, 0.1) is 4.90 Å². The minimum Gasteiger partial charge on any atom is -0.282 e. The minimum atomic E-state index is -4.09. The van der Waals surface area contributed by atoms with Crippen molar-refractivity contribution in [1.29, 1.82) is 0 Å². The van der Waals surface area contributed by atoms with Crippen molar-refractivity contribution in [2.45, 2.75) is 38.5 Å². The third-order valence-corrected chi connectivity index (χ3v) is 3.55. The van der Waals surface area contributed by atoms with Crippen molar-refractivity contribution in [3.63, 3.8) is 0 Å². The van der Waals surface area contributed by atoms with Crippen molar-refractivity contribution in [3.05, 3.63) is 28.8 Å². The van der Waals surface area contributed by atoms with Crippen LogP contribution in [0.1, 0.15) is 30.5 Å². The summed E-state index contributed by atoms with van der Waals surface area (Å²) in [5.41, 5.74) is 2.83. The van der Waals surface area contributed by atoms with E-state index in [2.05, 4.69) is 0 Å². The molecule has 15 heavy (non-hydrogen) atoms. The van der Waals surface area contributed by atoms with E-state index in [1.54, 1.807) is 6.07 Å². The van der Waals surface area contributed by atoms with Crippen LogP contribution >= 0.6 is 0 Å². The van der Waals surface area contributed by atoms with Crippen molar-refractivity contribution in [2.24, 2.45) is 0 Å². The summed E-state index contributed by atoms with van der Waals surface area (Å²) in [6.45, 7) is 5.82. The molecule has 84 valence electrons. The predicted octanol–water partition coefficient (Wildman–Crippen LogP) is 2.37. The lowest BCUT2D eigenvalue weighted by Crippen LogP contribution is -2.06. The van der Waals surface area contributed by atoms with Crippen LogP contribution in [0.5, 0.6) is 0 Å². The zero-order valence-electron chi connectivity index (χ0n) is 9.24. The maximum absolute atomic E-state index is 11.1. The van der Waals surface area contributed by atoms with E-state index in [9.17, 15) is 8.42 Å². The number of hydrogen-bond acceptors (Lipinski definition) is 2. The Morgan fingerprint density at radius 1 is 1.13 bits per heavy atom. The Kier molecular flexibility index (Phi) is 3.52. The average Bonchev–Trinajstić information content (AvgIpc) is 2.15. The fraction of sp³-hybridized carbons (Fsp3) is 0.455. The van der Waals surface area contributed by atoms with Crippen LogP contribution in [-0.2, 0) is 23.0 Å². The first-order valence-electron chi connectivity index (χ1n) is 5.00. The van der Waals surface area contributed by atoms with Crippen molar-refractivity contribution < 1.29 is 13.0 Å². The molecule has 0 unspecified atom stereocenters. The van der Waals surface area contributed by atoms with E-state index in [1.165, 1.54) is 6.07 Å². The summed E-state index contributed by atoms with van der Waals surface area (Å²) >= 11 is 0. The van der Waals surface area contributed by atoms with Crippen LogP contribution in [0.3, 0.4) is 0 Å². The molecule has 0 amide bonds. The number of aryl methyl sites for hydroxylation is 1. The molecule has 0 bridgehead atoms. The van der Waals surface area contributed by atoms with Gasteiger partial charge in [0.25, 0.3) is 10.1 Å². The third-order valence-electron chi connectivity index (χ3n) is 2.61. The van der Waals surface area contributed by atoms with Crippen LogP contribution in [0.2, 0.25) is 0 Å². The van der Waals surface area contributed by atoms with Crippen LogP contribution in [0.4, 0.5) is 0 Å². The van der Waals surface area contributed by atoms with Crippen molar-refractivity contribution >= 4 is 10.1 Å². The van der Waals surface area contributed by atoms with Crippen molar-refractivity contribution in [1.82, 2.24) is 0 Å². The van der Waals surface area contributed by atoms with E-state index in [1.807, 2.05) is 20.8 Å². The lowest BCUT2D eigenvalue weighted by Gasteiger charge is -2.13. The van der Waals surface area contributed by atoms with E-state index in [0.29, 0.717) is 6.42 Å². The van der Waals surface area contributed by atoms with Crippen LogP contribution in [0, 0.1) is 6.92 Å². The van der Waals surface area contributed by atoms with Gasteiger partial charge >= 0.3 is 0 Å². The van der Waals surface area contributed by atoms with Gasteiger partial charge in [-0.05, 0) is 42.5 Å². The first-order valence-corrected chi connectivity index (χ1v) is 6.44. The topological polar surface area (TPSA) is 54.4 Å². The molecule has 0 aliphatic carbocycles. The molecule has 4 heteroatoms. The standard InChI is InChI=1S/C11H16O3S/c1-4-9-8(3)6-7-11(10(9)5-2)15(12,13)14/h6-7H,4-5H2,1-3H3,(H,12,13,14). The summed E-state index contributed by atoms with van der Waals surface area (Å²) in [7, 11) is -4.09. The van der Waals surface area contributed by atoms with Crippen molar-refractivity contribution in [3.8, 4) is 0 Å². The highest BCUT2D eigenvalue weighted by Gasteiger charge is 2.17. The van der Waals surface area contributed by atoms with Gasteiger partial charge in [-0.25, -0.2) is 0 Å². The van der Waals surface area contributed by atoms with E-state index in [4.69, 9.17) is 4.55 Å². The average molecular weight is 228 g/mol. The molecule has 0 aliphatic rings. The largest absolute Gasteiger partial charge is 0.294 e. The maximum atomic E-state index is 11.1. The molecule has 1 aromatic carbocycles. The number of rotatable bonds is 3. The second-order valence-corrected chi connectivity index (χ2v) is 4.91. The zero-order chi connectivity index (χ0) is 11.6. The highest BCUT2D eigenvalue weighted by Crippen LogP contribution is 2.23. The number of benzene rings is 1. The highest BCUT2D eigenvalue weighted by atomic mass is 32.2. The molecule has 0 spiro atoms. The Morgan fingerprint density at radius 3 is 2.07 bits per heavy atom. The fourth-order valence-electron chi connectivity index (χ4n) is 1.91. The third kappa shape index (κ3) is 2.38. The summed E-state index contributed by atoms with van der Waals surface area (Å²) < 4.78 is 31.4. The van der Waals surface area contributed by atoms with E-state index in [0.717, 1.165) is 23.1 Å². The molecular formula is C11H16O3S. The Hall–Kier alpha value is -0.870. The summed E-state index contributed by atoms with van der Waals surface area (Å²) in [5, 5.41) is 0. The quantitative estimate of drug-likeness (QED) is 0.808. The van der Waals surface area contributed by atoms with Crippen molar-refractivity contribution in [2.75, 3.05) is 0 Å². The van der Waals surface area contributed by atoms with Gasteiger partial charge in [0.15, 0.2) is 0 Å². The van der Waals surface area contributed by atoms with Crippen LogP contribution < -0.4 is 0 Å². The Bertz CT molecular complexity index is 461. The first kappa shape index (κ1) is 12.2. The zero-order valence-corrected chi connectivity index (χ0v) is 10.1. The second-order valence-electron chi connectivity index (χ2n) is 3.52. The molecule has 1 aromatic rings. The van der Waals surface area contributed by atoms with Gasteiger partial charge < -0.3 is 0 Å². The molecular weight excluding hydrogens is 212 g/mol. The molecule has 1 rings (SSSR count). The van der Waals surface area contributed by atoms with E-state index in [-0.39, 0.29) is 4.90 Å². The molecule has 0 saturated heterocycles. The lowest BCUT2D eigenvalue weighted by molar-refractivity contribution is 0.482. The molecule has 0 atom stereocenters. The van der Waals surface area contributed by atoms with Gasteiger partial charge in [-0.15, -0.1) is 0 Å². The molecule has 0 fully saturated rings. The minimum absolute atomic E-state index is 0.0486. The Labute approximate surface area is 90.9 Å². The fourth-order valence-corrected chi connectivity index (χ4v) is 2.73. The Morgan fingerprint density at radius 2 is 1.67 bits per heavy atom. The molecule has 0 aliphatic heterocycles. The van der Waals surface area contributed by atoms with Crippen LogP contribution in [-0.4, -0.2) is 13.0 Å². The molecule has 0 saturated carbocycles. The van der Waals surface area contributed by atoms with E-state index < -0.39 is 10.1 Å². The number of hydrogen-bond donors (Lipinski definition) is 1. The molecule has 0 aromatic heterocycles. The molecule has 0 radical (unpaired) electrons. The SMILES string of the molecule is CCc1c(C)ccc(S(=O)(=O)O)c1CC. The molecule has 1 N–H and O–H groups in total. The summed E-state index contributed by atoms with van der Waals surface area (Å²) in [6, 6.07) is 3.21. The van der Waals surface area contributed by atoms with E-state index >= 15 is 0 Å². The van der Waals surface area contributed by atoms with Gasteiger partial charge in [0.1, 0.15) is 0 Å². The van der Waals surface area contributed by atoms with Crippen LogP contribution in [0.25, 0.3) is 0 Å². The smallest absolute Gasteiger partial charge is 0.282 e. The lowest BCUT2D eigenvalue weighted by atomic mass is 9.98. The van der Waals surface area contributed by atoms with Gasteiger partial charge in [0, 0.05) is 0 Å². The molecule has 0 heterocycles. The predicted molar refractivity (Wildman–Crippen MR) is 59.7 cm³/mol. The van der Waals surface area contributed by atoms with Gasteiger partial charge in [-0.2, -0.15) is 8.42 Å². The van der Waals surface area contributed by atoms with Crippen LogP contribution in [0.15, 0.2) is 17.0 Å². The summed E-state index contributed by atoms with van der Waals surface area (Å²) in [6.07, 6.45) is 1.39. The Balaban J connectivity index is 3.57. The second kappa shape index (κ2) is 4.33. The van der Waals surface area contributed by atoms with Gasteiger partial charge in [-0.1, -0.05) is 19.9 Å². The van der Waals surface area contributed by atoms with Gasteiger partial charge in [-0.3, -0.25) is 4.55 Å². The summed E-state index contributed by atoms with van der Waals surface area (Å²) in [5.74, 6) is 0. The normalized spacial score (nSPS) is 11.7. The highest BCUT2D eigenvalue weighted by molar-refractivity contribution is 7.85. The monoisotopic (exact) mass is 228 g/mol.